The largest absolute Gasteiger partial charge is 0.417 e. The van der Waals surface area contributed by atoms with Gasteiger partial charge >= 0.3 is 6.18 Å². The molecule has 1 aromatic rings. The Kier molecular flexibility index (Phi) is 9.02. The lowest BCUT2D eigenvalue weighted by atomic mass is 9.84. The molecule has 1 aliphatic heterocycles. The smallest absolute Gasteiger partial charge is 0.384 e. The highest BCUT2D eigenvalue weighted by Gasteiger charge is 2.32. The first-order valence-electron chi connectivity index (χ1n) is 11.2. The summed E-state index contributed by atoms with van der Waals surface area (Å²) in [7, 11) is 1.60. The monoisotopic (exact) mass is 476 g/mol. The molecule has 2 heterocycles. The summed E-state index contributed by atoms with van der Waals surface area (Å²) >= 11 is 6.09. The number of carbonyl (C=O) groups is 1. The van der Waals surface area contributed by atoms with Crippen molar-refractivity contribution in [1.29, 1.82) is 0 Å². The minimum absolute atomic E-state index is 0.0411. The predicted molar refractivity (Wildman–Crippen MR) is 118 cm³/mol. The molecule has 2 aliphatic rings. The third-order valence-corrected chi connectivity index (χ3v) is 6.70. The van der Waals surface area contributed by atoms with E-state index in [1.165, 1.54) is 0 Å². The van der Waals surface area contributed by atoms with Gasteiger partial charge in [0, 0.05) is 51.9 Å². The molecule has 10 heteroatoms. The number of anilines is 1. The Morgan fingerprint density at radius 3 is 2.50 bits per heavy atom. The van der Waals surface area contributed by atoms with Crippen molar-refractivity contribution in [2.75, 3.05) is 51.3 Å². The molecule has 180 valence electrons. The summed E-state index contributed by atoms with van der Waals surface area (Å²) in [4.78, 5) is 20.2. The fourth-order valence-electron chi connectivity index (χ4n) is 4.46. The van der Waals surface area contributed by atoms with Gasteiger partial charge in [-0.3, -0.25) is 9.69 Å². The van der Waals surface area contributed by atoms with Gasteiger partial charge in [0.25, 0.3) is 0 Å². The van der Waals surface area contributed by atoms with Gasteiger partial charge in [0.05, 0.1) is 17.2 Å². The number of nitrogens with zero attached hydrogens (tertiary/aromatic N) is 3. The quantitative estimate of drug-likeness (QED) is 0.615. The van der Waals surface area contributed by atoms with Crippen LogP contribution in [0, 0.1) is 5.92 Å². The van der Waals surface area contributed by atoms with Gasteiger partial charge in [-0.05, 0) is 50.6 Å². The van der Waals surface area contributed by atoms with E-state index >= 15 is 0 Å². The minimum atomic E-state index is -4.44. The van der Waals surface area contributed by atoms with Crippen molar-refractivity contribution in [3.8, 4) is 0 Å². The second-order valence-electron chi connectivity index (χ2n) is 8.67. The number of alkyl halides is 3. The Labute approximate surface area is 192 Å². The van der Waals surface area contributed by atoms with Crippen LogP contribution in [0.3, 0.4) is 0 Å². The van der Waals surface area contributed by atoms with Crippen LogP contribution in [-0.4, -0.2) is 68.3 Å². The number of ether oxygens (including phenoxy) is 1. The molecule has 0 radical (unpaired) electrons. The van der Waals surface area contributed by atoms with Gasteiger partial charge in [-0.2, -0.15) is 13.2 Å². The fourth-order valence-corrected chi connectivity index (χ4v) is 4.74. The Balaban J connectivity index is 1.36. The molecule has 0 bridgehead atoms. The molecule has 1 aliphatic carbocycles. The van der Waals surface area contributed by atoms with Gasteiger partial charge in [-0.15, -0.1) is 0 Å². The van der Waals surface area contributed by atoms with E-state index in [2.05, 4.69) is 15.2 Å². The molecule has 0 atom stereocenters. The SMILES string of the molecule is COCCC(=O)NC1CCC(CCN2CCN(c3ncc(C(F)(F)F)cc3Cl)CC2)CC1. The third kappa shape index (κ3) is 7.22. The molecule has 1 amide bonds. The number of nitrogens with one attached hydrogen (secondary N) is 1. The first-order chi connectivity index (χ1) is 15.3. The van der Waals surface area contributed by atoms with Crippen molar-refractivity contribution in [2.45, 2.75) is 50.7 Å². The molecule has 1 saturated carbocycles. The lowest BCUT2D eigenvalue weighted by Crippen LogP contribution is -2.47. The lowest BCUT2D eigenvalue weighted by molar-refractivity contribution is -0.137. The molecule has 6 nitrogen and oxygen atoms in total. The summed E-state index contributed by atoms with van der Waals surface area (Å²) < 4.78 is 43.4. The Hall–Kier alpha value is -1.58. The van der Waals surface area contributed by atoms with Gasteiger partial charge in [-0.1, -0.05) is 11.6 Å². The number of halogens is 4. The van der Waals surface area contributed by atoms with Crippen LogP contribution in [0.15, 0.2) is 12.3 Å². The predicted octanol–water partition coefficient (Wildman–Crippen LogP) is 3.98. The Morgan fingerprint density at radius 2 is 1.91 bits per heavy atom. The first-order valence-corrected chi connectivity index (χ1v) is 11.6. The van der Waals surface area contributed by atoms with E-state index in [4.69, 9.17) is 16.3 Å². The van der Waals surface area contributed by atoms with E-state index in [-0.39, 0.29) is 17.0 Å². The lowest BCUT2D eigenvalue weighted by Gasteiger charge is -2.37. The van der Waals surface area contributed by atoms with Crippen LogP contribution in [0.4, 0.5) is 19.0 Å². The molecule has 1 saturated heterocycles. The van der Waals surface area contributed by atoms with E-state index in [9.17, 15) is 18.0 Å². The van der Waals surface area contributed by atoms with Crippen molar-refractivity contribution >= 4 is 23.3 Å². The van der Waals surface area contributed by atoms with E-state index < -0.39 is 11.7 Å². The van der Waals surface area contributed by atoms with Crippen LogP contribution in [0.5, 0.6) is 0 Å². The van der Waals surface area contributed by atoms with Crippen LogP contribution in [-0.2, 0) is 15.7 Å². The second-order valence-corrected chi connectivity index (χ2v) is 9.08. The van der Waals surface area contributed by atoms with Crippen molar-refractivity contribution in [2.24, 2.45) is 5.92 Å². The molecule has 0 aromatic carbocycles. The molecule has 3 rings (SSSR count). The Bertz CT molecular complexity index is 749. The standard InChI is InChI=1S/C22H32ClF3N4O2/c1-32-13-7-20(31)28-18-4-2-16(3-5-18)6-8-29-9-11-30(12-10-29)21-19(23)14-17(15-27-21)22(24,25)26/h14-16,18H,2-13H2,1H3,(H,28,31). The number of methoxy groups -OCH3 is 1. The maximum Gasteiger partial charge on any atom is 0.417 e. The number of pyridine rings is 1. The number of carbonyl (C=O) groups excluding carboxylic acids is 1. The van der Waals surface area contributed by atoms with E-state index in [1.807, 2.05) is 4.90 Å². The zero-order valence-electron chi connectivity index (χ0n) is 18.5. The molecule has 0 spiro atoms. The van der Waals surface area contributed by atoms with Crippen LogP contribution in [0.2, 0.25) is 5.02 Å². The number of amides is 1. The molecule has 32 heavy (non-hydrogen) atoms. The molecular weight excluding hydrogens is 445 g/mol. The highest BCUT2D eigenvalue weighted by Crippen LogP contribution is 2.34. The van der Waals surface area contributed by atoms with Gasteiger partial charge in [0.15, 0.2) is 0 Å². The van der Waals surface area contributed by atoms with Crippen molar-refractivity contribution in [3.63, 3.8) is 0 Å². The maximum atomic E-state index is 12.8. The summed E-state index contributed by atoms with van der Waals surface area (Å²) in [6, 6.07) is 1.23. The van der Waals surface area contributed by atoms with E-state index in [1.54, 1.807) is 7.11 Å². The van der Waals surface area contributed by atoms with Crippen LogP contribution >= 0.6 is 11.6 Å². The van der Waals surface area contributed by atoms with Gasteiger partial charge in [0.1, 0.15) is 5.82 Å². The zero-order chi connectivity index (χ0) is 23.1. The summed E-state index contributed by atoms with van der Waals surface area (Å²) in [5, 5.41) is 3.14. The van der Waals surface area contributed by atoms with Gasteiger partial charge in [-0.25, -0.2) is 4.98 Å². The van der Waals surface area contributed by atoms with Gasteiger partial charge < -0.3 is 15.0 Å². The molecule has 0 unspecified atom stereocenters. The topological polar surface area (TPSA) is 57.7 Å². The summed E-state index contributed by atoms with van der Waals surface area (Å²) in [5.74, 6) is 1.16. The average Bonchev–Trinajstić information content (AvgIpc) is 2.77. The van der Waals surface area contributed by atoms with Crippen LogP contribution in [0.1, 0.15) is 44.1 Å². The van der Waals surface area contributed by atoms with E-state index in [0.29, 0.717) is 37.9 Å². The highest BCUT2D eigenvalue weighted by atomic mass is 35.5. The summed E-state index contributed by atoms with van der Waals surface area (Å²) in [6.07, 6.45) is 2.25. The molecule has 1 aromatic heterocycles. The number of hydrogen-bond donors (Lipinski definition) is 1. The first kappa shape index (κ1) is 25.1. The molecular formula is C22H32ClF3N4O2. The van der Waals surface area contributed by atoms with Crippen molar-refractivity contribution in [1.82, 2.24) is 15.2 Å². The minimum Gasteiger partial charge on any atom is -0.384 e. The van der Waals surface area contributed by atoms with Crippen molar-refractivity contribution in [3.05, 3.63) is 22.8 Å². The van der Waals surface area contributed by atoms with Crippen LogP contribution in [0.25, 0.3) is 0 Å². The zero-order valence-corrected chi connectivity index (χ0v) is 19.2. The molecule has 1 N–H and O–H groups in total. The fraction of sp³-hybridized carbons (Fsp3) is 0.727. The Morgan fingerprint density at radius 1 is 1.22 bits per heavy atom. The number of rotatable bonds is 8. The molecule has 2 fully saturated rings. The normalized spacial score (nSPS) is 22.7. The highest BCUT2D eigenvalue weighted by molar-refractivity contribution is 6.33. The second kappa shape index (κ2) is 11.5. The van der Waals surface area contributed by atoms with Gasteiger partial charge in [0.2, 0.25) is 5.91 Å². The number of piperazine rings is 1. The number of hydrogen-bond acceptors (Lipinski definition) is 5. The van der Waals surface area contributed by atoms with E-state index in [0.717, 1.165) is 64.0 Å². The number of aromatic nitrogens is 1. The summed E-state index contributed by atoms with van der Waals surface area (Å²) in [5.41, 5.74) is -0.825. The summed E-state index contributed by atoms with van der Waals surface area (Å²) in [6.45, 7) is 4.53. The third-order valence-electron chi connectivity index (χ3n) is 6.42. The van der Waals surface area contributed by atoms with Crippen molar-refractivity contribution < 1.29 is 22.7 Å². The maximum absolute atomic E-state index is 12.8. The average molecular weight is 477 g/mol. The van der Waals surface area contributed by atoms with Crippen LogP contribution < -0.4 is 10.2 Å².